The Kier molecular flexibility index (Phi) is 4.49. The molecule has 0 aromatic heterocycles. The molecule has 0 spiro atoms. The van der Waals surface area contributed by atoms with Crippen LogP contribution in [-0.4, -0.2) is 30.3 Å². The molecule has 0 atom stereocenters. The number of anilines is 1. The fourth-order valence-corrected chi connectivity index (χ4v) is 3.00. The van der Waals surface area contributed by atoms with Gasteiger partial charge in [0, 0.05) is 6.54 Å². The minimum atomic E-state index is -0.439. The van der Waals surface area contributed by atoms with Crippen molar-refractivity contribution in [1.29, 1.82) is 0 Å². The van der Waals surface area contributed by atoms with E-state index < -0.39 is 11.7 Å². The summed E-state index contributed by atoms with van der Waals surface area (Å²) in [6, 6.07) is 15.8. The lowest BCUT2D eigenvalue weighted by Crippen LogP contribution is -2.38. The molecule has 2 aromatic carbocycles. The number of benzene rings is 2. The zero-order chi connectivity index (χ0) is 17.3. The van der Waals surface area contributed by atoms with Crippen LogP contribution in [0.3, 0.4) is 0 Å². The SMILES string of the molecule is CC(C)c1ccc2c(c1)C(=O)C(=O)N2CN(C)Cc1ccccc1. The number of fused-ring (bicyclic) bond motifs is 1. The molecule has 124 valence electrons. The van der Waals surface area contributed by atoms with Crippen molar-refractivity contribution in [2.75, 3.05) is 18.6 Å². The standard InChI is InChI=1S/C20H22N2O2/c1-14(2)16-9-10-18-17(11-16)19(23)20(24)22(18)13-21(3)12-15-7-5-4-6-8-15/h4-11,14H,12-13H2,1-3H3. The molecule has 0 bridgehead atoms. The summed E-state index contributed by atoms with van der Waals surface area (Å²) >= 11 is 0. The van der Waals surface area contributed by atoms with Gasteiger partial charge in [0.25, 0.3) is 5.78 Å². The zero-order valence-corrected chi connectivity index (χ0v) is 14.3. The molecule has 0 radical (unpaired) electrons. The summed E-state index contributed by atoms with van der Waals surface area (Å²) in [7, 11) is 1.95. The smallest absolute Gasteiger partial charge is 0.291 e. The summed E-state index contributed by atoms with van der Waals surface area (Å²) in [4.78, 5) is 28.3. The van der Waals surface area contributed by atoms with Crippen LogP contribution >= 0.6 is 0 Å². The van der Waals surface area contributed by atoms with E-state index in [1.54, 1.807) is 4.90 Å². The van der Waals surface area contributed by atoms with Gasteiger partial charge >= 0.3 is 5.91 Å². The highest BCUT2D eigenvalue weighted by Crippen LogP contribution is 2.31. The summed E-state index contributed by atoms with van der Waals surface area (Å²) in [5.74, 6) is -0.514. The number of nitrogens with zero attached hydrogens (tertiary/aromatic N) is 2. The molecule has 2 aromatic rings. The van der Waals surface area contributed by atoms with E-state index in [-0.39, 0.29) is 0 Å². The van der Waals surface area contributed by atoms with E-state index >= 15 is 0 Å². The summed E-state index contributed by atoms with van der Waals surface area (Å²) in [6.07, 6.45) is 0. The van der Waals surface area contributed by atoms with Crippen LogP contribution in [0.4, 0.5) is 5.69 Å². The molecule has 1 heterocycles. The topological polar surface area (TPSA) is 40.6 Å². The third kappa shape index (κ3) is 3.10. The van der Waals surface area contributed by atoms with Crippen LogP contribution in [0.25, 0.3) is 0 Å². The normalized spacial score (nSPS) is 14.0. The fraction of sp³-hybridized carbons (Fsp3) is 0.300. The molecule has 0 saturated carbocycles. The number of hydrogen-bond donors (Lipinski definition) is 0. The summed E-state index contributed by atoms with van der Waals surface area (Å²) in [5, 5.41) is 0. The molecule has 0 unspecified atom stereocenters. The molecular weight excluding hydrogens is 300 g/mol. The third-order valence-electron chi connectivity index (χ3n) is 4.34. The maximum atomic E-state index is 12.4. The van der Waals surface area contributed by atoms with Crippen molar-refractivity contribution in [3.63, 3.8) is 0 Å². The second-order valence-corrected chi connectivity index (χ2v) is 6.63. The Morgan fingerprint density at radius 3 is 2.42 bits per heavy atom. The highest BCUT2D eigenvalue weighted by molar-refractivity contribution is 6.52. The summed E-state index contributed by atoms with van der Waals surface area (Å²) < 4.78 is 0. The first-order chi connectivity index (χ1) is 11.5. The Morgan fingerprint density at radius 2 is 1.75 bits per heavy atom. The molecule has 4 heteroatoms. The fourth-order valence-electron chi connectivity index (χ4n) is 3.00. The van der Waals surface area contributed by atoms with Crippen molar-refractivity contribution < 1.29 is 9.59 Å². The minimum absolute atomic E-state index is 0.327. The zero-order valence-electron chi connectivity index (χ0n) is 14.3. The third-order valence-corrected chi connectivity index (χ3v) is 4.34. The first-order valence-corrected chi connectivity index (χ1v) is 8.20. The van der Waals surface area contributed by atoms with E-state index in [1.807, 2.05) is 48.3 Å². The average molecular weight is 322 g/mol. The minimum Gasteiger partial charge on any atom is -0.291 e. The summed E-state index contributed by atoms with van der Waals surface area (Å²) in [6.45, 7) is 5.27. The van der Waals surface area contributed by atoms with Crippen LogP contribution in [0.15, 0.2) is 48.5 Å². The maximum Gasteiger partial charge on any atom is 0.300 e. The molecule has 3 rings (SSSR count). The highest BCUT2D eigenvalue weighted by atomic mass is 16.2. The van der Waals surface area contributed by atoms with Gasteiger partial charge in [-0.3, -0.25) is 19.4 Å². The molecule has 0 aliphatic carbocycles. The number of hydrogen-bond acceptors (Lipinski definition) is 3. The lowest BCUT2D eigenvalue weighted by molar-refractivity contribution is -0.114. The van der Waals surface area contributed by atoms with Gasteiger partial charge in [-0.2, -0.15) is 0 Å². The van der Waals surface area contributed by atoms with Gasteiger partial charge in [-0.15, -0.1) is 0 Å². The molecule has 1 aliphatic rings. The van der Waals surface area contributed by atoms with Crippen molar-refractivity contribution in [1.82, 2.24) is 4.90 Å². The van der Waals surface area contributed by atoms with Gasteiger partial charge in [-0.05, 0) is 36.2 Å². The van der Waals surface area contributed by atoms with Crippen LogP contribution in [0.1, 0.15) is 41.3 Å². The second-order valence-electron chi connectivity index (χ2n) is 6.63. The maximum absolute atomic E-state index is 12.4. The molecule has 1 aliphatic heterocycles. The van der Waals surface area contributed by atoms with Crippen molar-refractivity contribution in [2.24, 2.45) is 0 Å². The second kappa shape index (κ2) is 6.57. The monoisotopic (exact) mass is 322 g/mol. The van der Waals surface area contributed by atoms with Crippen LogP contribution in [-0.2, 0) is 11.3 Å². The quantitative estimate of drug-likeness (QED) is 0.792. The number of Topliss-reactive ketones (excluding diaryl/α,β-unsaturated/α-hetero) is 1. The van der Waals surface area contributed by atoms with Gasteiger partial charge in [-0.25, -0.2) is 0 Å². The number of amides is 1. The molecule has 24 heavy (non-hydrogen) atoms. The van der Waals surface area contributed by atoms with E-state index in [0.717, 1.165) is 12.1 Å². The van der Waals surface area contributed by atoms with Crippen LogP contribution < -0.4 is 4.90 Å². The van der Waals surface area contributed by atoms with Crippen molar-refractivity contribution in [2.45, 2.75) is 26.3 Å². The Morgan fingerprint density at radius 1 is 1.04 bits per heavy atom. The van der Waals surface area contributed by atoms with Crippen LogP contribution in [0, 0.1) is 0 Å². The van der Waals surface area contributed by atoms with Gasteiger partial charge in [-0.1, -0.05) is 50.2 Å². The van der Waals surface area contributed by atoms with Crippen molar-refractivity contribution in [3.05, 3.63) is 65.2 Å². The van der Waals surface area contributed by atoms with E-state index in [2.05, 4.69) is 26.0 Å². The number of carbonyl (C=O) groups is 2. The molecule has 1 amide bonds. The van der Waals surface area contributed by atoms with E-state index in [9.17, 15) is 9.59 Å². The van der Waals surface area contributed by atoms with Gasteiger partial charge in [0.05, 0.1) is 17.9 Å². The van der Waals surface area contributed by atoms with Gasteiger partial charge < -0.3 is 0 Å². The first-order valence-electron chi connectivity index (χ1n) is 8.20. The van der Waals surface area contributed by atoms with Crippen molar-refractivity contribution >= 4 is 17.4 Å². The van der Waals surface area contributed by atoms with Gasteiger partial charge in [0.1, 0.15) is 0 Å². The first kappa shape index (κ1) is 16.4. The summed E-state index contributed by atoms with van der Waals surface area (Å²) in [5.41, 5.74) is 3.50. The highest BCUT2D eigenvalue weighted by Gasteiger charge is 2.36. The number of ketones is 1. The predicted octanol–water partition coefficient (Wildman–Crippen LogP) is 3.43. The number of rotatable bonds is 5. The molecular formula is C20H22N2O2. The molecule has 0 fully saturated rings. The Balaban J connectivity index is 1.80. The van der Waals surface area contributed by atoms with Gasteiger partial charge in [0.15, 0.2) is 0 Å². The van der Waals surface area contributed by atoms with Crippen LogP contribution in [0.5, 0.6) is 0 Å². The largest absolute Gasteiger partial charge is 0.300 e. The Hall–Kier alpha value is -2.46. The van der Waals surface area contributed by atoms with Crippen LogP contribution in [0.2, 0.25) is 0 Å². The lowest BCUT2D eigenvalue weighted by atomic mass is 9.99. The number of carbonyl (C=O) groups excluding carboxylic acids is 2. The lowest BCUT2D eigenvalue weighted by Gasteiger charge is -2.24. The Labute approximate surface area is 142 Å². The van der Waals surface area contributed by atoms with E-state index in [0.29, 0.717) is 23.8 Å². The van der Waals surface area contributed by atoms with E-state index in [1.165, 1.54) is 5.56 Å². The molecule has 4 nitrogen and oxygen atoms in total. The molecule has 0 N–H and O–H groups in total. The Bertz CT molecular complexity index is 768. The average Bonchev–Trinajstić information content (AvgIpc) is 2.80. The molecule has 0 saturated heterocycles. The van der Waals surface area contributed by atoms with Gasteiger partial charge in [0.2, 0.25) is 0 Å². The predicted molar refractivity (Wildman–Crippen MR) is 95.1 cm³/mol. The van der Waals surface area contributed by atoms with Crippen molar-refractivity contribution in [3.8, 4) is 0 Å². The van der Waals surface area contributed by atoms with E-state index in [4.69, 9.17) is 0 Å².